The van der Waals surface area contributed by atoms with Crippen LogP contribution in [0.1, 0.15) is 56.2 Å². The summed E-state index contributed by atoms with van der Waals surface area (Å²) in [6.07, 6.45) is 5.07. The summed E-state index contributed by atoms with van der Waals surface area (Å²) in [5, 5.41) is 12.9. The molecule has 9 rings (SSSR count). The molecule has 3 aromatic heterocycles. The highest BCUT2D eigenvalue weighted by Crippen LogP contribution is 2.41. The van der Waals surface area contributed by atoms with Crippen molar-refractivity contribution >= 4 is 43.6 Å². The SMILES string of the molecule is Cc1ccc(S(=O)(=O)n2c(-c3ccc(N4CCN(C(=O)OC(C)(C)C)CC4)cc3)cc3c(-c4cccc(-n5ccc6cc(C7CC7)ccc6c5=O)c4CO)ncnc32)cc1. The van der Waals surface area contributed by atoms with Gasteiger partial charge in [-0.2, -0.15) is 0 Å². The molecule has 2 aliphatic rings. The third kappa shape index (κ3) is 7.21. The van der Waals surface area contributed by atoms with E-state index in [1.54, 1.807) is 58.1 Å². The molecule has 1 saturated heterocycles. The predicted octanol–water partition coefficient (Wildman–Crippen LogP) is 8.04. The van der Waals surface area contributed by atoms with Crippen molar-refractivity contribution in [1.29, 1.82) is 0 Å². The van der Waals surface area contributed by atoms with Crippen LogP contribution in [0.25, 0.3) is 50.0 Å². The number of carbonyl (C=O) groups excluding carboxylic acids is 1. The number of aliphatic hydroxyl groups excluding tert-OH is 1. The molecule has 1 saturated carbocycles. The lowest BCUT2D eigenvalue weighted by molar-refractivity contribution is 0.0240. The molecule has 1 amide bonds. The molecule has 1 aliphatic carbocycles. The summed E-state index contributed by atoms with van der Waals surface area (Å²) in [6.45, 7) is 9.28. The summed E-state index contributed by atoms with van der Waals surface area (Å²) >= 11 is 0. The van der Waals surface area contributed by atoms with Gasteiger partial charge in [0, 0.05) is 60.0 Å². The molecule has 7 aromatic rings. The summed E-state index contributed by atoms with van der Waals surface area (Å²) in [7, 11) is -4.20. The maximum absolute atomic E-state index is 14.7. The van der Waals surface area contributed by atoms with Gasteiger partial charge in [-0.15, -0.1) is 0 Å². The summed E-state index contributed by atoms with van der Waals surface area (Å²) in [5.74, 6) is 0.556. The third-order valence-electron chi connectivity index (χ3n) is 11.4. The maximum atomic E-state index is 14.7. The van der Waals surface area contributed by atoms with Crippen LogP contribution in [-0.4, -0.2) is 74.8 Å². The molecular formula is C47H46N6O6S. The second-order valence-electron chi connectivity index (χ2n) is 16.6. The van der Waals surface area contributed by atoms with Crippen LogP contribution in [0.2, 0.25) is 0 Å². The number of ether oxygens (including phenoxy) is 1. The Bertz CT molecular complexity index is 2960. The molecule has 0 bridgehead atoms. The van der Waals surface area contributed by atoms with Crippen LogP contribution in [0.15, 0.2) is 119 Å². The van der Waals surface area contributed by atoms with Gasteiger partial charge in [-0.05, 0) is 111 Å². The molecule has 4 heterocycles. The lowest BCUT2D eigenvalue weighted by atomic mass is 10.00. The summed E-state index contributed by atoms with van der Waals surface area (Å²) in [5.41, 5.74) is 5.40. The minimum atomic E-state index is -4.20. The van der Waals surface area contributed by atoms with Crippen molar-refractivity contribution in [3.05, 3.63) is 137 Å². The summed E-state index contributed by atoms with van der Waals surface area (Å²) < 4.78 is 37.8. The molecule has 0 spiro atoms. The maximum Gasteiger partial charge on any atom is 0.410 e. The lowest BCUT2D eigenvalue weighted by Crippen LogP contribution is -2.50. The van der Waals surface area contributed by atoms with E-state index in [2.05, 4.69) is 16.0 Å². The predicted molar refractivity (Wildman–Crippen MR) is 233 cm³/mol. The van der Waals surface area contributed by atoms with Crippen LogP contribution >= 0.6 is 0 Å². The van der Waals surface area contributed by atoms with E-state index < -0.39 is 22.2 Å². The number of aliphatic hydroxyl groups is 1. The lowest BCUT2D eigenvalue weighted by Gasteiger charge is -2.36. The van der Waals surface area contributed by atoms with E-state index in [1.807, 2.05) is 76.2 Å². The van der Waals surface area contributed by atoms with Gasteiger partial charge in [0.2, 0.25) is 0 Å². The Kier molecular flexibility index (Phi) is 9.83. The van der Waals surface area contributed by atoms with Crippen LogP contribution in [0.3, 0.4) is 0 Å². The van der Waals surface area contributed by atoms with Gasteiger partial charge in [-0.25, -0.2) is 27.2 Å². The fraction of sp³-hybridized carbons (Fsp3) is 0.277. The van der Waals surface area contributed by atoms with Crippen LogP contribution in [0.4, 0.5) is 10.5 Å². The molecule has 13 heteroatoms. The monoisotopic (exact) mass is 822 g/mol. The standard InChI is InChI=1S/C47H46N6O6S/c1-30-8-17-36(18-9-30)60(57,58)53-42(32-12-15-35(16-13-32)50-22-24-51(25-23-50)46(56)59-47(2,3)4)27-39-43(48-29-49-44(39)53)38-6-5-7-41(40(38)28-54)52-21-20-34-26-33(31-10-11-31)14-19-37(34)45(52)55/h5-9,12-21,26-27,29,31,54H,10-11,22-25,28H2,1-4H3. The van der Waals surface area contributed by atoms with Crippen LogP contribution in [-0.2, 0) is 21.4 Å². The van der Waals surface area contributed by atoms with Crippen molar-refractivity contribution in [2.75, 3.05) is 31.1 Å². The zero-order valence-corrected chi connectivity index (χ0v) is 34.8. The molecule has 4 aromatic carbocycles. The first kappa shape index (κ1) is 39.2. The zero-order chi connectivity index (χ0) is 41.9. The minimum Gasteiger partial charge on any atom is -0.444 e. The smallest absolute Gasteiger partial charge is 0.410 e. The molecule has 12 nitrogen and oxygen atoms in total. The summed E-state index contributed by atoms with van der Waals surface area (Å²) in [4.78, 5) is 39.9. The first-order valence-corrected chi connectivity index (χ1v) is 21.7. The fourth-order valence-corrected chi connectivity index (χ4v) is 9.58. The van der Waals surface area contributed by atoms with Gasteiger partial charge in [0.25, 0.3) is 15.6 Å². The first-order chi connectivity index (χ1) is 28.8. The highest BCUT2D eigenvalue weighted by atomic mass is 32.2. The minimum absolute atomic E-state index is 0.101. The van der Waals surface area contributed by atoms with Gasteiger partial charge in [0.15, 0.2) is 5.65 Å². The number of anilines is 1. The number of pyridine rings is 1. The van der Waals surface area contributed by atoms with E-state index >= 15 is 0 Å². The first-order valence-electron chi connectivity index (χ1n) is 20.2. The van der Waals surface area contributed by atoms with E-state index in [1.165, 1.54) is 15.9 Å². The number of fused-ring (bicyclic) bond motifs is 2. The van der Waals surface area contributed by atoms with Gasteiger partial charge < -0.3 is 19.6 Å². The van der Waals surface area contributed by atoms with Crippen molar-refractivity contribution in [1.82, 2.24) is 23.4 Å². The summed E-state index contributed by atoms with van der Waals surface area (Å²) in [6, 6.07) is 29.5. The quantitative estimate of drug-likeness (QED) is 0.161. The number of hydrogen-bond donors (Lipinski definition) is 1. The number of amides is 1. The number of piperazine rings is 1. The Balaban J connectivity index is 1.13. The van der Waals surface area contributed by atoms with Crippen molar-refractivity contribution in [3.63, 3.8) is 0 Å². The molecular weight excluding hydrogens is 777 g/mol. The van der Waals surface area contributed by atoms with Gasteiger partial charge in [-0.3, -0.25) is 9.36 Å². The number of benzene rings is 4. The Morgan fingerprint density at radius 1 is 0.867 bits per heavy atom. The second-order valence-corrected chi connectivity index (χ2v) is 18.4. The number of rotatable bonds is 8. The topological polar surface area (TPSA) is 140 Å². The van der Waals surface area contributed by atoms with E-state index in [0.29, 0.717) is 76.6 Å². The average molecular weight is 823 g/mol. The van der Waals surface area contributed by atoms with Crippen molar-refractivity contribution in [2.24, 2.45) is 0 Å². The van der Waals surface area contributed by atoms with Gasteiger partial charge in [0.05, 0.1) is 28.6 Å². The van der Waals surface area contributed by atoms with E-state index in [-0.39, 0.29) is 22.2 Å². The Morgan fingerprint density at radius 3 is 2.28 bits per heavy atom. The van der Waals surface area contributed by atoms with Crippen molar-refractivity contribution < 1.29 is 23.1 Å². The van der Waals surface area contributed by atoms with Gasteiger partial charge in [-0.1, -0.05) is 54.1 Å². The van der Waals surface area contributed by atoms with E-state index in [9.17, 15) is 23.1 Å². The molecule has 0 atom stereocenters. The number of nitrogens with zero attached hydrogens (tertiary/aromatic N) is 6. The molecule has 306 valence electrons. The molecule has 60 heavy (non-hydrogen) atoms. The van der Waals surface area contributed by atoms with E-state index in [4.69, 9.17) is 9.72 Å². The normalized spacial score (nSPS) is 14.9. The van der Waals surface area contributed by atoms with Crippen molar-refractivity contribution in [2.45, 2.75) is 63.6 Å². The van der Waals surface area contributed by atoms with Gasteiger partial charge >= 0.3 is 6.09 Å². The molecule has 0 radical (unpaired) electrons. The van der Waals surface area contributed by atoms with Gasteiger partial charge in [0.1, 0.15) is 11.9 Å². The molecule has 2 fully saturated rings. The zero-order valence-electron chi connectivity index (χ0n) is 34.0. The Labute approximate surface area is 348 Å². The highest BCUT2D eigenvalue weighted by molar-refractivity contribution is 7.90. The number of aryl methyl sites for hydroxylation is 1. The molecule has 1 N–H and O–H groups in total. The Hall–Kier alpha value is -6.31. The average Bonchev–Trinajstić information content (AvgIpc) is 4.02. The third-order valence-corrected chi connectivity index (χ3v) is 13.1. The number of aromatic nitrogens is 4. The van der Waals surface area contributed by atoms with E-state index in [0.717, 1.165) is 29.5 Å². The molecule has 1 aliphatic heterocycles. The van der Waals surface area contributed by atoms with Crippen LogP contribution in [0.5, 0.6) is 0 Å². The van der Waals surface area contributed by atoms with Crippen LogP contribution < -0.4 is 10.5 Å². The number of carbonyl (C=O) groups is 1. The fourth-order valence-electron chi connectivity index (χ4n) is 8.10. The number of hydrogen-bond acceptors (Lipinski definition) is 9. The van der Waals surface area contributed by atoms with Crippen molar-refractivity contribution in [3.8, 4) is 28.2 Å². The van der Waals surface area contributed by atoms with Crippen LogP contribution in [0, 0.1) is 6.92 Å². The largest absolute Gasteiger partial charge is 0.444 e. The highest BCUT2D eigenvalue weighted by Gasteiger charge is 2.29. The Morgan fingerprint density at radius 2 is 1.60 bits per heavy atom. The molecule has 0 unspecified atom stereocenters. The second kappa shape index (κ2) is 15.1.